The third kappa shape index (κ3) is 52.2. The van der Waals surface area contributed by atoms with Crippen LogP contribution in [0.25, 0.3) is 0 Å². The summed E-state index contributed by atoms with van der Waals surface area (Å²) in [6, 6.07) is 0. The van der Waals surface area contributed by atoms with E-state index in [4.69, 9.17) is 32.5 Å². The molecule has 0 aromatic rings. The van der Waals surface area contributed by atoms with Crippen LogP contribution in [0.4, 0.5) is 0 Å². The van der Waals surface area contributed by atoms with Gasteiger partial charge in [0, 0.05) is 26.4 Å². The average molecular weight is 425 g/mol. The van der Waals surface area contributed by atoms with Crippen molar-refractivity contribution in [1.82, 2.24) is 11.5 Å². The number of hydrogen-bond acceptors (Lipinski definition) is 9. The Morgan fingerprint density at radius 2 is 1.10 bits per heavy atom. The van der Waals surface area contributed by atoms with Gasteiger partial charge in [0.15, 0.2) is 0 Å². The number of aliphatic hydroxyl groups excluding tert-OH is 3. The number of nitrogens with two attached hydrogens (primary N) is 3. The Morgan fingerprint density at radius 1 is 0.690 bits per heavy atom. The minimum Gasteiger partial charge on any atom is -0.396 e. The first-order valence-corrected chi connectivity index (χ1v) is 10.9. The first-order valence-electron chi connectivity index (χ1n) is 10.9. The summed E-state index contributed by atoms with van der Waals surface area (Å²) < 4.78 is 0. The van der Waals surface area contributed by atoms with E-state index in [2.05, 4.69) is 10.3 Å². The van der Waals surface area contributed by atoms with Crippen molar-refractivity contribution in [3.8, 4) is 0 Å². The van der Waals surface area contributed by atoms with Gasteiger partial charge in [-0.15, -0.1) is 0 Å². The molecule has 29 heavy (non-hydrogen) atoms. The van der Waals surface area contributed by atoms with Gasteiger partial charge >= 0.3 is 0 Å². The van der Waals surface area contributed by atoms with E-state index in [1.165, 1.54) is 38.8 Å². The molecular formula is C20H52N6O3. The summed E-state index contributed by atoms with van der Waals surface area (Å²) in [5.74, 6) is 0. The standard InChI is InChI=1S/C4H12N2.C4H11NO.C4H9N.C4H7N.C4H10O2.H3N/c2*5-3-1-2-4-6;2*1-2-4-5-3-1;5-3-1-2-4-6;/h1-6H2;6H,1-5H2;5H,1-4H2;3H,1-2,4H2;5-6H,1-4H2;1H3. The lowest BCUT2D eigenvalue weighted by Crippen LogP contribution is -2.03. The molecule has 0 saturated carbocycles. The summed E-state index contributed by atoms with van der Waals surface area (Å²) in [5.41, 5.74) is 15.4. The summed E-state index contributed by atoms with van der Waals surface area (Å²) in [7, 11) is 0. The van der Waals surface area contributed by atoms with Crippen molar-refractivity contribution in [2.45, 2.75) is 64.2 Å². The second-order valence-corrected chi connectivity index (χ2v) is 6.35. The van der Waals surface area contributed by atoms with Crippen molar-refractivity contribution >= 4 is 6.21 Å². The monoisotopic (exact) mass is 424 g/mol. The highest BCUT2D eigenvalue weighted by molar-refractivity contribution is 5.58. The highest BCUT2D eigenvalue weighted by Crippen LogP contribution is 1.92. The molecule has 2 heterocycles. The normalized spacial score (nSPS) is 13.3. The minimum absolute atomic E-state index is 0. The Labute approximate surface area is 179 Å². The van der Waals surface area contributed by atoms with Crippen LogP contribution in [0.5, 0.6) is 0 Å². The number of rotatable bonds is 9. The molecule has 1 fully saturated rings. The summed E-state index contributed by atoms with van der Waals surface area (Å²) in [5, 5.41) is 27.5. The van der Waals surface area contributed by atoms with Crippen molar-refractivity contribution in [3.05, 3.63) is 0 Å². The zero-order valence-corrected chi connectivity index (χ0v) is 18.7. The second kappa shape index (κ2) is 41.7. The van der Waals surface area contributed by atoms with E-state index in [-0.39, 0.29) is 26.0 Å². The fraction of sp³-hybridized carbons (Fsp3) is 0.950. The SMILES string of the molecule is C1=NCCC1.C1CCNC1.N.NCCCCN.NCCCCO.OCCCCO. The third-order valence-corrected chi connectivity index (χ3v) is 3.54. The molecule has 0 aliphatic carbocycles. The number of unbranched alkanes of at least 4 members (excludes halogenated alkanes) is 3. The molecule has 2 rings (SSSR count). The molecule has 180 valence electrons. The van der Waals surface area contributed by atoms with E-state index < -0.39 is 0 Å². The fourth-order valence-electron chi connectivity index (χ4n) is 1.85. The average Bonchev–Trinajstić information content (AvgIpc) is 3.48. The van der Waals surface area contributed by atoms with E-state index in [1.807, 2.05) is 6.21 Å². The number of nitrogens with zero attached hydrogens (tertiary/aromatic N) is 1. The van der Waals surface area contributed by atoms with Gasteiger partial charge in [0.1, 0.15) is 0 Å². The second-order valence-electron chi connectivity index (χ2n) is 6.35. The van der Waals surface area contributed by atoms with Gasteiger partial charge in [-0.3, -0.25) is 4.99 Å². The molecule has 2 aliphatic rings. The van der Waals surface area contributed by atoms with Crippen LogP contribution in [-0.4, -0.2) is 80.6 Å². The smallest absolute Gasteiger partial charge is 0.0431 e. The number of nitrogens with one attached hydrogen (secondary N) is 1. The lowest BCUT2D eigenvalue weighted by molar-refractivity contribution is 0.242. The quantitative estimate of drug-likeness (QED) is 0.245. The van der Waals surface area contributed by atoms with Crippen LogP contribution in [-0.2, 0) is 0 Å². The van der Waals surface area contributed by atoms with Crippen LogP contribution in [0.2, 0.25) is 0 Å². The van der Waals surface area contributed by atoms with Crippen molar-refractivity contribution in [1.29, 1.82) is 0 Å². The van der Waals surface area contributed by atoms with Crippen LogP contribution < -0.4 is 28.7 Å². The van der Waals surface area contributed by atoms with Gasteiger partial charge in [-0.05, 0) is 103 Å². The molecule has 9 heteroatoms. The molecular weight excluding hydrogens is 372 g/mol. The molecule has 2 aliphatic heterocycles. The molecule has 0 amide bonds. The maximum atomic E-state index is 8.14. The molecule has 0 radical (unpaired) electrons. The molecule has 9 nitrogen and oxygen atoms in total. The summed E-state index contributed by atoms with van der Waals surface area (Å²) in [6.07, 6.45) is 12.6. The third-order valence-electron chi connectivity index (χ3n) is 3.54. The maximum Gasteiger partial charge on any atom is 0.0431 e. The lowest BCUT2D eigenvalue weighted by Gasteiger charge is -1.87. The van der Waals surface area contributed by atoms with Crippen LogP contribution in [0, 0.1) is 0 Å². The van der Waals surface area contributed by atoms with Gasteiger partial charge < -0.3 is 44.0 Å². The molecule has 1 saturated heterocycles. The highest BCUT2D eigenvalue weighted by Gasteiger charge is 1.93. The lowest BCUT2D eigenvalue weighted by atomic mass is 10.3. The summed E-state index contributed by atoms with van der Waals surface area (Å²) >= 11 is 0. The van der Waals surface area contributed by atoms with E-state index in [0.717, 1.165) is 58.2 Å². The molecule has 0 aromatic heterocycles. The first kappa shape index (κ1) is 35.8. The van der Waals surface area contributed by atoms with Crippen LogP contribution >= 0.6 is 0 Å². The largest absolute Gasteiger partial charge is 0.396 e. The molecule has 13 N–H and O–H groups in total. The predicted molar refractivity (Wildman–Crippen MR) is 126 cm³/mol. The Kier molecular flexibility index (Phi) is 51.4. The van der Waals surface area contributed by atoms with Crippen LogP contribution in [0.1, 0.15) is 64.2 Å². The Bertz CT molecular complexity index is 214. The molecule has 0 bridgehead atoms. The number of aliphatic hydroxyl groups is 3. The molecule has 0 spiro atoms. The predicted octanol–water partition coefficient (Wildman–Crippen LogP) is 0.536. The Hall–Kier alpha value is -0.650. The van der Waals surface area contributed by atoms with Gasteiger partial charge in [0.25, 0.3) is 0 Å². The van der Waals surface area contributed by atoms with E-state index in [0.29, 0.717) is 6.54 Å². The number of hydrogen-bond donors (Lipinski definition) is 8. The summed E-state index contributed by atoms with van der Waals surface area (Å²) in [4.78, 5) is 3.96. The Morgan fingerprint density at radius 3 is 1.28 bits per heavy atom. The Balaban J connectivity index is -0.000000134. The van der Waals surface area contributed by atoms with Gasteiger partial charge in [0.05, 0.1) is 0 Å². The topological polar surface area (TPSA) is 198 Å². The fourth-order valence-corrected chi connectivity index (χ4v) is 1.85. The van der Waals surface area contributed by atoms with E-state index >= 15 is 0 Å². The van der Waals surface area contributed by atoms with Crippen LogP contribution in [0.3, 0.4) is 0 Å². The van der Waals surface area contributed by atoms with Gasteiger partial charge in [-0.25, -0.2) is 0 Å². The first-order chi connectivity index (χ1) is 13.7. The molecule has 0 atom stereocenters. The number of aliphatic imine (C=N–C) groups is 1. The highest BCUT2D eigenvalue weighted by atomic mass is 16.3. The van der Waals surface area contributed by atoms with E-state index in [9.17, 15) is 0 Å². The summed E-state index contributed by atoms with van der Waals surface area (Å²) in [6.45, 7) is 6.48. The van der Waals surface area contributed by atoms with Gasteiger partial charge in [0.2, 0.25) is 0 Å². The van der Waals surface area contributed by atoms with Crippen molar-refractivity contribution in [2.75, 3.05) is 59.1 Å². The molecule has 0 aromatic carbocycles. The zero-order chi connectivity index (χ0) is 21.6. The van der Waals surface area contributed by atoms with Crippen molar-refractivity contribution < 1.29 is 15.3 Å². The van der Waals surface area contributed by atoms with Crippen molar-refractivity contribution in [2.24, 2.45) is 22.2 Å². The van der Waals surface area contributed by atoms with Crippen molar-refractivity contribution in [3.63, 3.8) is 0 Å². The molecule has 0 unspecified atom stereocenters. The van der Waals surface area contributed by atoms with Crippen LogP contribution in [0.15, 0.2) is 4.99 Å². The zero-order valence-electron chi connectivity index (χ0n) is 18.7. The maximum absolute atomic E-state index is 8.14. The minimum atomic E-state index is 0. The van der Waals surface area contributed by atoms with Gasteiger partial charge in [-0.2, -0.15) is 0 Å². The van der Waals surface area contributed by atoms with Gasteiger partial charge in [-0.1, -0.05) is 0 Å². The van der Waals surface area contributed by atoms with E-state index in [1.54, 1.807) is 0 Å².